The number of primary amides is 1. The highest BCUT2D eigenvalue weighted by Crippen LogP contribution is 2.28. The molecule has 0 radical (unpaired) electrons. The summed E-state index contributed by atoms with van der Waals surface area (Å²) in [6.45, 7) is 3.68. The van der Waals surface area contributed by atoms with E-state index in [4.69, 9.17) is 5.73 Å². The van der Waals surface area contributed by atoms with Gasteiger partial charge in [-0.05, 0) is 37.0 Å². The van der Waals surface area contributed by atoms with Gasteiger partial charge in [0.05, 0.1) is 22.5 Å². The first-order valence-corrected chi connectivity index (χ1v) is 11.7. The van der Waals surface area contributed by atoms with Crippen molar-refractivity contribution < 1.29 is 14.4 Å². The maximum atomic E-state index is 12.5. The molecule has 2 heterocycles. The van der Waals surface area contributed by atoms with Gasteiger partial charge in [0.25, 0.3) is 11.8 Å². The summed E-state index contributed by atoms with van der Waals surface area (Å²) in [5, 5.41) is 6.59. The van der Waals surface area contributed by atoms with E-state index >= 15 is 0 Å². The minimum Gasteiger partial charge on any atom is -0.384 e. The van der Waals surface area contributed by atoms with Crippen LogP contribution in [0.5, 0.6) is 0 Å². The van der Waals surface area contributed by atoms with Crippen molar-refractivity contribution in [1.82, 2.24) is 14.8 Å². The molecule has 3 rings (SSSR count). The SMILES string of the molecule is CC(=O)N1CCCC(CNc2cc(Nc3ccc(C(=O)N(C)C)c(N(C)C)c3)ncc2C(N)=O)C1. The molecule has 0 aliphatic carbocycles. The molecule has 2 aromatic rings. The zero-order chi connectivity index (χ0) is 25.7. The molecular weight excluding hydrogens is 446 g/mol. The Morgan fingerprint density at radius 2 is 1.89 bits per heavy atom. The van der Waals surface area contributed by atoms with Crippen molar-refractivity contribution in [3.63, 3.8) is 0 Å². The summed E-state index contributed by atoms with van der Waals surface area (Å²) in [5.74, 6) is 0.243. The Hall–Kier alpha value is -3.82. The van der Waals surface area contributed by atoms with Crippen LogP contribution in [-0.2, 0) is 4.79 Å². The predicted molar refractivity (Wildman–Crippen MR) is 138 cm³/mol. The third-order valence-corrected chi connectivity index (χ3v) is 6.10. The molecule has 1 unspecified atom stereocenters. The van der Waals surface area contributed by atoms with Crippen molar-refractivity contribution in [1.29, 1.82) is 0 Å². The van der Waals surface area contributed by atoms with Crippen LogP contribution in [0, 0.1) is 5.92 Å². The molecule has 1 aliphatic rings. The van der Waals surface area contributed by atoms with Gasteiger partial charge < -0.3 is 31.1 Å². The minimum absolute atomic E-state index is 0.0817. The van der Waals surface area contributed by atoms with Crippen LogP contribution in [0.1, 0.15) is 40.5 Å². The fourth-order valence-electron chi connectivity index (χ4n) is 4.19. The molecule has 1 aliphatic heterocycles. The topological polar surface area (TPSA) is 124 Å². The summed E-state index contributed by atoms with van der Waals surface area (Å²) in [6.07, 6.45) is 3.41. The number of piperidine rings is 1. The lowest BCUT2D eigenvalue weighted by molar-refractivity contribution is -0.130. The van der Waals surface area contributed by atoms with Crippen molar-refractivity contribution in [3.8, 4) is 0 Å². The number of likely N-dealkylation sites (tertiary alicyclic amines) is 1. The van der Waals surface area contributed by atoms with Crippen molar-refractivity contribution in [2.24, 2.45) is 11.7 Å². The van der Waals surface area contributed by atoms with Crippen molar-refractivity contribution >= 4 is 40.6 Å². The summed E-state index contributed by atoms with van der Waals surface area (Å²) >= 11 is 0. The first-order chi connectivity index (χ1) is 16.6. The lowest BCUT2D eigenvalue weighted by atomic mass is 9.97. The second-order valence-corrected chi connectivity index (χ2v) is 9.28. The average molecular weight is 482 g/mol. The Labute approximate surface area is 206 Å². The summed E-state index contributed by atoms with van der Waals surface area (Å²) < 4.78 is 0. The predicted octanol–water partition coefficient (Wildman–Crippen LogP) is 2.36. The van der Waals surface area contributed by atoms with Crippen LogP contribution in [0.15, 0.2) is 30.5 Å². The van der Waals surface area contributed by atoms with E-state index in [-0.39, 0.29) is 17.7 Å². The zero-order valence-corrected chi connectivity index (χ0v) is 21.1. The van der Waals surface area contributed by atoms with Crippen LogP contribution < -0.4 is 21.3 Å². The summed E-state index contributed by atoms with van der Waals surface area (Å²) in [7, 11) is 7.20. The van der Waals surface area contributed by atoms with Gasteiger partial charge >= 0.3 is 0 Å². The second kappa shape index (κ2) is 11.1. The minimum atomic E-state index is -0.568. The third-order valence-electron chi connectivity index (χ3n) is 6.10. The number of nitrogens with one attached hydrogen (secondary N) is 2. The molecule has 3 amide bonds. The lowest BCUT2D eigenvalue weighted by Crippen LogP contribution is -2.40. The van der Waals surface area contributed by atoms with Crippen LogP contribution in [0.4, 0.5) is 22.9 Å². The van der Waals surface area contributed by atoms with Gasteiger partial charge in [-0.25, -0.2) is 4.98 Å². The van der Waals surface area contributed by atoms with E-state index in [1.807, 2.05) is 36.0 Å². The van der Waals surface area contributed by atoms with Crippen LogP contribution >= 0.6 is 0 Å². The van der Waals surface area contributed by atoms with Gasteiger partial charge in [0, 0.05) is 72.7 Å². The monoisotopic (exact) mass is 481 g/mol. The summed E-state index contributed by atoms with van der Waals surface area (Å²) in [5.41, 5.74) is 8.58. The van der Waals surface area contributed by atoms with E-state index < -0.39 is 5.91 Å². The quantitative estimate of drug-likeness (QED) is 0.529. The van der Waals surface area contributed by atoms with Gasteiger partial charge in [0.2, 0.25) is 5.91 Å². The zero-order valence-electron chi connectivity index (χ0n) is 21.1. The highest BCUT2D eigenvalue weighted by Gasteiger charge is 2.22. The van der Waals surface area contributed by atoms with E-state index in [1.54, 1.807) is 38.1 Å². The summed E-state index contributed by atoms with van der Waals surface area (Å²) in [4.78, 5) is 45.9. The van der Waals surface area contributed by atoms with Gasteiger partial charge in [-0.1, -0.05) is 0 Å². The molecule has 1 aromatic heterocycles. The first kappa shape index (κ1) is 25.8. The molecule has 1 fully saturated rings. The Bertz CT molecular complexity index is 1100. The normalized spacial score (nSPS) is 15.3. The Kier molecular flexibility index (Phi) is 8.16. The number of hydrogen-bond donors (Lipinski definition) is 3. The largest absolute Gasteiger partial charge is 0.384 e. The standard InChI is InChI=1S/C25H35N7O3/c1-16(33)32-10-6-7-17(15-32)13-27-21-12-23(28-14-20(21)24(26)34)29-18-8-9-19(25(35)31(4)5)22(11-18)30(2)3/h8-9,11-12,14,17H,6-7,10,13,15H2,1-5H3,(H2,26,34)(H2,27,28,29). The van der Waals surface area contributed by atoms with Crippen LogP contribution in [0.2, 0.25) is 0 Å². The van der Waals surface area contributed by atoms with E-state index in [1.165, 1.54) is 6.20 Å². The molecule has 10 heteroatoms. The number of nitrogens with zero attached hydrogens (tertiary/aromatic N) is 4. The van der Waals surface area contributed by atoms with E-state index in [2.05, 4.69) is 15.6 Å². The maximum absolute atomic E-state index is 12.5. The molecule has 4 N–H and O–H groups in total. The number of anilines is 4. The van der Waals surface area contributed by atoms with Gasteiger partial charge in [0.1, 0.15) is 5.82 Å². The maximum Gasteiger partial charge on any atom is 0.255 e. The van der Waals surface area contributed by atoms with Crippen molar-refractivity contribution in [2.45, 2.75) is 19.8 Å². The Morgan fingerprint density at radius 3 is 2.51 bits per heavy atom. The molecular formula is C25H35N7O3. The number of nitrogens with two attached hydrogens (primary N) is 1. The van der Waals surface area contributed by atoms with E-state index in [0.717, 1.165) is 30.8 Å². The van der Waals surface area contributed by atoms with Gasteiger partial charge in [0.15, 0.2) is 0 Å². The fraction of sp³-hybridized carbons (Fsp3) is 0.440. The molecule has 0 spiro atoms. The number of carbonyl (C=O) groups is 3. The molecule has 1 aromatic carbocycles. The number of benzene rings is 1. The second-order valence-electron chi connectivity index (χ2n) is 9.28. The average Bonchev–Trinajstić information content (AvgIpc) is 2.82. The molecule has 10 nitrogen and oxygen atoms in total. The first-order valence-electron chi connectivity index (χ1n) is 11.7. The smallest absolute Gasteiger partial charge is 0.255 e. The molecule has 1 atom stereocenters. The molecule has 0 bridgehead atoms. The number of hydrogen-bond acceptors (Lipinski definition) is 7. The van der Waals surface area contributed by atoms with Gasteiger partial charge in [-0.3, -0.25) is 14.4 Å². The molecule has 1 saturated heterocycles. The Balaban J connectivity index is 1.80. The number of carbonyl (C=O) groups excluding carboxylic acids is 3. The molecule has 0 saturated carbocycles. The van der Waals surface area contributed by atoms with Gasteiger partial charge in [-0.2, -0.15) is 0 Å². The Morgan fingerprint density at radius 1 is 1.14 bits per heavy atom. The van der Waals surface area contributed by atoms with Crippen LogP contribution in [-0.4, -0.2) is 80.3 Å². The summed E-state index contributed by atoms with van der Waals surface area (Å²) in [6, 6.07) is 7.23. The van der Waals surface area contributed by atoms with Crippen LogP contribution in [0.25, 0.3) is 0 Å². The van der Waals surface area contributed by atoms with E-state index in [0.29, 0.717) is 35.7 Å². The van der Waals surface area contributed by atoms with Gasteiger partial charge in [-0.15, -0.1) is 0 Å². The third kappa shape index (κ3) is 6.40. The fourth-order valence-corrected chi connectivity index (χ4v) is 4.19. The number of rotatable bonds is 8. The van der Waals surface area contributed by atoms with Crippen molar-refractivity contribution in [3.05, 3.63) is 41.6 Å². The number of pyridine rings is 1. The van der Waals surface area contributed by atoms with Crippen molar-refractivity contribution in [2.75, 3.05) is 63.4 Å². The van der Waals surface area contributed by atoms with Crippen LogP contribution in [0.3, 0.4) is 0 Å². The molecule has 188 valence electrons. The number of amides is 3. The lowest BCUT2D eigenvalue weighted by Gasteiger charge is -2.32. The number of aromatic nitrogens is 1. The highest BCUT2D eigenvalue weighted by molar-refractivity contribution is 6.00. The highest BCUT2D eigenvalue weighted by atomic mass is 16.2. The molecule has 35 heavy (non-hydrogen) atoms. The van der Waals surface area contributed by atoms with E-state index in [9.17, 15) is 14.4 Å².